The number of halogens is 3. The van der Waals surface area contributed by atoms with Crippen LogP contribution in [0.25, 0.3) is 0 Å². The van der Waals surface area contributed by atoms with Gasteiger partial charge < -0.3 is 14.4 Å². The fraction of sp³-hybridized carbons (Fsp3) is 0.280. The van der Waals surface area contributed by atoms with Crippen molar-refractivity contribution in [1.29, 1.82) is 0 Å². The number of rotatable bonds is 6. The summed E-state index contributed by atoms with van der Waals surface area (Å²) in [4.78, 5) is 2.44. The van der Waals surface area contributed by atoms with Crippen molar-refractivity contribution in [2.45, 2.75) is 25.6 Å². The third-order valence-electron chi connectivity index (χ3n) is 5.48. The van der Waals surface area contributed by atoms with Crippen LogP contribution in [0.3, 0.4) is 0 Å². The number of benzene rings is 3. The molecule has 1 saturated heterocycles. The van der Waals surface area contributed by atoms with Gasteiger partial charge in [0, 0.05) is 18.8 Å². The molecule has 0 aromatic heterocycles. The summed E-state index contributed by atoms with van der Waals surface area (Å²) >= 11 is 0. The van der Waals surface area contributed by atoms with Crippen LogP contribution < -0.4 is 14.4 Å². The molecule has 31 heavy (non-hydrogen) atoms. The smallest absolute Gasteiger partial charge is 0.457 e. The van der Waals surface area contributed by atoms with Crippen molar-refractivity contribution in [1.82, 2.24) is 0 Å². The van der Waals surface area contributed by atoms with E-state index in [9.17, 15) is 13.2 Å². The van der Waals surface area contributed by atoms with Crippen LogP contribution in [0.4, 0.5) is 18.9 Å². The molecule has 3 aromatic carbocycles. The Labute approximate surface area is 180 Å². The molecule has 6 heteroatoms. The fourth-order valence-corrected chi connectivity index (χ4v) is 3.91. The van der Waals surface area contributed by atoms with Crippen molar-refractivity contribution in [3.8, 4) is 17.2 Å². The maximum Gasteiger partial charge on any atom is 0.573 e. The summed E-state index contributed by atoms with van der Waals surface area (Å²) < 4.78 is 46.3. The van der Waals surface area contributed by atoms with E-state index in [0.717, 1.165) is 19.5 Å². The molecule has 0 amide bonds. The van der Waals surface area contributed by atoms with E-state index in [2.05, 4.69) is 46.0 Å². The lowest BCUT2D eigenvalue weighted by Gasteiger charge is -2.33. The zero-order valence-electron chi connectivity index (χ0n) is 17.0. The molecule has 4 rings (SSSR count). The van der Waals surface area contributed by atoms with Crippen LogP contribution in [0.1, 0.15) is 18.4 Å². The second kappa shape index (κ2) is 9.33. The highest BCUT2D eigenvalue weighted by molar-refractivity contribution is 5.46. The Bertz CT molecular complexity index is 949. The van der Waals surface area contributed by atoms with Gasteiger partial charge in [0.25, 0.3) is 0 Å². The molecule has 1 aliphatic heterocycles. The molecule has 3 nitrogen and oxygen atoms in total. The summed E-state index contributed by atoms with van der Waals surface area (Å²) in [6, 6.07) is 23.8. The van der Waals surface area contributed by atoms with Crippen molar-refractivity contribution >= 4 is 5.69 Å². The maximum atomic E-state index is 12.2. The Morgan fingerprint density at radius 1 is 0.742 bits per heavy atom. The first-order valence-electron chi connectivity index (χ1n) is 10.4. The van der Waals surface area contributed by atoms with E-state index in [-0.39, 0.29) is 5.75 Å². The zero-order chi connectivity index (χ0) is 21.7. The molecule has 1 fully saturated rings. The van der Waals surface area contributed by atoms with Crippen LogP contribution in [0.5, 0.6) is 17.2 Å². The zero-order valence-corrected chi connectivity index (χ0v) is 17.0. The van der Waals surface area contributed by atoms with Crippen LogP contribution in [-0.2, 0) is 6.42 Å². The van der Waals surface area contributed by atoms with Gasteiger partial charge in [0.15, 0.2) is 0 Å². The summed E-state index contributed by atoms with van der Waals surface area (Å²) in [5.41, 5.74) is 2.56. The molecule has 0 unspecified atom stereocenters. The van der Waals surface area contributed by atoms with E-state index in [1.54, 1.807) is 0 Å². The Morgan fingerprint density at radius 2 is 1.29 bits per heavy atom. The molecule has 3 aromatic rings. The third kappa shape index (κ3) is 6.17. The standard InChI is InChI=1S/C25H24F3NO2/c26-25(27,28)31-24-12-10-23(11-13-24)30-22-8-6-19(7-9-22)18-20-14-16-29(17-15-20)21-4-2-1-3-5-21/h1-13,20H,14-18H2. The third-order valence-corrected chi connectivity index (χ3v) is 5.48. The van der Waals surface area contributed by atoms with Gasteiger partial charge in [0.2, 0.25) is 0 Å². The average Bonchev–Trinajstić information content (AvgIpc) is 2.77. The van der Waals surface area contributed by atoms with Crippen molar-refractivity contribution in [2.24, 2.45) is 5.92 Å². The molecule has 162 valence electrons. The summed E-state index contributed by atoms with van der Waals surface area (Å²) in [5, 5.41) is 0. The van der Waals surface area contributed by atoms with Gasteiger partial charge in [-0.15, -0.1) is 13.2 Å². The monoisotopic (exact) mass is 427 g/mol. The van der Waals surface area contributed by atoms with Gasteiger partial charge >= 0.3 is 6.36 Å². The van der Waals surface area contributed by atoms with Crippen LogP contribution >= 0.6 is 0 Å². The average molecular weight is 427 g/mol. The van der Waals surface area contributed by atoms with Crippen molar-refractivity contribution in [3.63, 3.8) is 0 Å². The Balaban J connectivity index is 1.27. The molecule has 0 spiro atoms. The fourth-order valence-electron chi connectivity index (χ4n) is 3.91. The van der Waals surface area contributed by atoms with Crippen LogP contribution in [0, 0.1) is 5.92 Å². The molecule has 0 saturated carbocycles. The van der Waals surface area contributed by atoms with Gasteiger partial charge in [-0.2, -0.15) is 0 Å². The Hall–Kier alpha value is -3.15. The molecular formula is C25H24F3NO2. The van der Waals surface area contributed by atoms with E-state index in [1.807, 2.05) is 18.2 Å². The van der Waals surface area contributed by atoms with Gasteiger partial charge in [-0.3, -0.25) is 0 Å². The molecule has 0 radical (unpaired) electrons. The van der Waals surface area contributed by atoms with Crippen LogP contribution in [-0.4, -0.2) is 19.5 Å². The minimum absolute atomic E-state index is 0.270. The maximum absolute atomic E-state index is 12.2. The van der Waals surface area contributed by atoms with Crippen molar-refractivity contribution < 1.29 is 22.6 Å². The number of nitrogens with zero attached hydrogens (tertiary/aromatic N) is 1. The second-order valence-electron chi connectivity index (χ2n) is 7.74. The van der Waals surface area contributed by atoms with Gasteiger partial charge in [-0.1, -0.05) is 30.3 Å². The predicted octanol–water partition coefficient (Wildman–Crippen LogP) is 6.84. The quantitative estimate of drug-likeness (QED) is 0.430. The Morgan fingerprint density at radius 3 is 1.87 bits per heavy atom. The number of anilines is 1. The normalized spacial score (nSPS) is 15.0. The van der Waals surface area contributed by atoms with E-state index < -0.39 is 6.36 Å². The first-order valence-corrected chi connectivity index (χ1v) is 10.4. The number of ether oxygens (including phenoxy) is 2. The predicted molar refractivity (Wildman–Crippen MR) is 115 cm³/mol. The number of para-hydroxylation sites is 1. The lowest BCUT2D eigenvalue weighted by Crippen LogP contribution is -2.34. The second-order valence-corrected chi connectivity index (χ2v) is 7.74. The highest BCUT2D eigenvalue weighted by atomic mass is 19.4. The molecule has 0 bridgehead atoms. The lowest BCUT2D eigenvalue weighted by atomic mass is 9.90. The van der Waals surface area contributed by atoms with Crippen molar-refractivity contribution in [3.05, 3.63) is 84.4 Å². The minimum Gasteiger partial charge on any atom is -0.457 e. The van der Waals surface area contributed by atoms with Gasteiger partial charge in [0.1, 0.15) is 17.2 Å². The lowest BCUT2D eigenvalue weighted by molar-refractivity contribution is -0.274. The van der Waals surface area contributed by atoms with Crippen LogP contribution in [0.2, 0.25) is 0 Å². The number of alkyl halides is 3. The SMILES string of the molecule is FC(F)(F)Oc1ccc(Oc2ccc(CC3CCN(c4ccccc4)CC3)cc2)cc1. The van der Waals surface area contributed by atoms with Gasteiger partial charge in [0.05, 0.1) is 0 Å². The first-order chi connectivity index (χ1) is 14.9. The highest BCUT2D eigenvalue weighted by Crippen LogP contribution is 2.29. The minimum atomic E-state index is -4.70. The van der Waals surface area contributed by atoms with E-state index in [0.29, 0.717) is 17.4 Å². The molecule has 1 heterocycles. The highest BCUT2D eigenvalue weighted by Gasteiger charge is 2.31. The summed E-state index contributed by atoms with van der Waals surface area (Å²) in [6.07, 6.45) is -1.33. The van der Waals surface area contributed by atoms with E-state index in [4.69, 9.17) is 4.74 Å². The largest absolute Gasteiger partial charge is 0.573 e. The van der Waals surface area contributed by atoms with Gasteiger partial charge in [-0.25, -0.2) is 0 Å². The molecule has 1 aliphatic rings. The van der Waals surface area contributed by atoms with E-state index in [1.165, 1.54) is 48.4 Å². The molecule has 0 aliphatic carbocycles. The molecule has 0 atom stereocenters. The van der Waals surface area contributed by atoms with Crippen LogP contribution in [0.15, 0.2) is 78.9 Å². The number of piperidine rings is 1. The first kappa shape index (κ1) is 21.1. The Kier molecular flexibility index (Phi) is 6.35. The number of hydrogen-bond acceptors (Lipinski definition) is 3. The summed E-state index contributed by atoms with van der Waals surface area (Å²) in [6.45, 7) is 2.15. The summed E-state index contributed by atoms with van der Waals surface area (Å²) in [7, 11) is 0. The number of hydrogen-bond donors (Lipinski definition) is 0. The summed E-state index contributed by atoms with van der Waals surface area (Å²) in [5.74, 6) is 1.49. The molecular weight excluding hydrogens is 403 g/mol. The van der Waals surface area contributed by atoms with E-state index >= 15 is 0 Å². The topological polar surface area (TPSA) is 21.7 Å². The molecule has 0 N–H and O–H groups in total. The van der Waals surface area contributed by atoms with Gasteiger partial charge in [-0.05, 0) is 79.3 Å². The van der Waals surface area contributed by atoms with Crippen molar-refractivity contribution in [2.75, 3.05) is 18.0 Å².